The molecule has 3 N–H and O–H groups in total. The maximum atomic E-state index is 12.1. The first-order valence-corrected chi connectivity index (χ1v) is 6.58. The predicted molar refractivity (Wildman–Crippen MR) is 64.8 cm³/mol. The van der Waals surface area contributed by atoms with Crippen LogP contribution >= 0.6 is 0 Å². The number of nitrogens with one attached hydrogen (secondary N) is 1. The molecular formula is C13H24N2O. The van der Waals surface area contributed by atoms with Gasteiger partial charge in [0.05, 0.1) is 5.41 Å². The van der Waals surface area contributed by atoms with E-state index in [1.807, 2.05) is 6.92 Å². The van der Waals surface area contributed by atoms with Crippen molar-refractivity contribution >= 4 is 5.91 Å². The van der Waals surface area contributed by atoms with E-state index in [0.29, 0.717) is 5.92 Å². The molecule has 0 bridgehead atoms. The van der Waals surface area contributed by atoms with E-state index in [4.69, 9.17) is 5.73 Å². The van der Waals surface area contributed by atoms with Gasteiger partial charge in [-0.15, -0.1) is 0 Å². The lowest BCUT2D eigenvalue weighted by molar-refractivity contribution is -0.130. The van der Waals surface area contributed by atoms with Crippen LogP contribution in [0.3, 0.4) is 0 Å². The Labute approximate surface area is 98.2 Å². The van der Waals surface area contributed by atoms with E-state index in [2.05, 4.69) is 12.2 Å². The van der Waals surface area contributed by atoms with Crippen LogP contribution in [0, 0.1) is 17.3 Å². The van der Waals surface area contributed by atoms with Gasteiger partial charge < -0.3 is 11.1 Å². The molecule has 0 aromatic carbocycles. The molecule has 3 atom stereocenters. The first kappa shape index (κ1) is 11.9. The van der Waals surface area contributed by atoms with Crippen molar-refractivity contribution in [2.45, 2.75) is 52.0 Å². The maximum Gasteiger partial charge on any atom is 0.227 e. The second-order valence-corrected chi connectivity index (χ2v) is 5.94. The van der Waals surface area contributed by atoms with Gasteiger partial charge >= 0.3 is 0 Å². The molecule has 2 aliphatic carbocycles. The predicted octanol–water partition coefficient (Wildman–Crippen LogP) is 1.67. The standard InChI is InChI=1S/C13H24N2O/c1-9(10-5-6-10)8-15-12(16)13(2)7-3-4-11(13)14/h9-11H,3-8,14H2,1-2H3,(H,15,16). The van der Waals surface area contributed by atoms with Crippen LogP contribution in [0.15, 0.2) is 0 Å². The molecule has 92 valence electrons. The maximum absolute atomic E-state index is 12.1. The van der Waals surface area contributed by atoms with Crippen LogP contribution in [-0.4, -0.2) is 18.5 Å². The topological polar surface area (TPSA) is 55.1 Å². The minimum absolute atomic E-state index is 0.0451. The smallest absolute Gasteiger partial charge is 0.227 e. The van der Waals surface area contributed by atoms with Crippen molar-refractivity contribution < 1.29 is 4.79 Å². The van der Waals surface area contributed by atoms with Gasteiger partial charge in [0.1, 0.15) is 0 Å². The normalized spacial score (nSPS) is 36.1. The summed E-state index contributed by atoms with van der Waals surface area (Å²) in [6, 6.07) is 0.0451. The number of amides is 1. The molecule has 3 heteroatoms. The molecule has 2 rings (SSSR count). The molecular weight excluding hydrogens is 200 g/mol. The van der Waals surface area contributed by atoms with Gasteiger partial charge in [0.2, 0.25) is 5.91 Å². The number of carbonyl (C=O) groups is 1. The lowest BCUT2D eigenvalue weighted by Crippen LogP contribution is -2.48. The molecule has 0 saturated heterocycles. The minimum atomic E-state index is -0.316. The Morgan fingerprint density at radius 1 is 1.50 bits per heavy atom. The lowest BCUT2D eigenvalue weighted by atomic mass is 9.84. The van der Waals surface area contributed by atoms with Crippen LogP contribution < -0.4 is 11.1 Å². The van der Waals surface area contributed by atoms with Gasteiger partial charge in [-0.1, -0.05) is 13.3 Å². The fourth-order valence-electron chi connectivity index (χ4n) is 2.76. The highest BCUT2D eigenvalue weighted by Gasteiger charge is 2.43. The first-order chi connectivity index (χ1) is 7.54. The third-order valence-electron chi connectivity index (χ3n) is 4.56. The van der Waals surface area contributed by atoms with E-state index in [1.54, 1.807) is 0 Å². The fourth-order valence-corrected chi connectivity index (χ4v) is 2.76. The van der Waals surface area contributed by atoms with Crippen molar-refractivity contribution in [3.8, 4) is 0 Å². The Kier molecular flexibility index (Phi) is 3.24. The molecule has 1 amide bonds. The zero-order valence-electron chi connectivity index (χ0n) is 10.5. The molecule has 2 aliphatic rings. The largest absolute Gasteiger partial charge is 0.355 e. The minimum Gasteiger partial charge on any atom is -0.355 e. The Hall–Kier alpha value is -0.570. The third kappa shape index (κ3) is 2.24. The summed E-state index contributed by atoms with van der Waals surface area (Å²) in [5.74, 6) is 1.65. The van der Waals surface area contributed by atoms with Crippen molar-refractivity contribution in [2.24, 2.45) is 23.0 Å². The highest BCUT2D eigenvalue weighted by Crippen LogP contribution is 2.38. The summed E-state index contributed by atoms with van der Waals surface area (Å²) in [4.78, 5) is 12.1. The summed E-state index contributed by atoms with van der Waals surface area (Å²) in [7, 11) is 0. The lowest BCUT2D eigenvalue weighted by Gasteiger charge is -2.28. The average Bonchev–Trinajstić information content (AvgIpc) is 3.04. The quantitative estimate of drug-likeness (QED) is 0.763. The van der Waals surface area contributed by atoms with E-state index in [9.17, 15) is 4.79 Å². The molecule has 3 unspecified atom stereocenters. The number of hydrogen-bond acceptors (Lipinski definition) is 2. The molecule has 0 heterocycles. The molecule has 0 spiro atoms. The molecule has 0 aliphatic heterocycles. The second kappa shape index (κ2) is 4.36. The highest BCUT2D eigenvalue weighted by molar-refractivity contribution is 5.83. The van der Waals surface area contributed by atoms with Crippen LogP contribution in [0.25, 0.3) is 0 Å². The molecule has 0 aromatic rings. The molecule has 0 radical (unpaired) electrons. The van der Waals surface area contributed by atoms with Crippen molar-refractivity contribution in [1.29, 1.82) is 0 Å². The molecule has 2 fully saturated rings. The Balaban J connectivity index is 1.82. The number of nitrogens with two attached hydrogens (primary N) is 1. The highest BCUT2D eigenvalue weighted by atomic mass is 16.2. The third-order valence-corrected chi connectivity index (χ3v) is 4.56. The molecule has 16 heavy (non-hydrogen) atoms. The summed E-state index contributed by atoms with van der Waals surface area (Å²) in [6.45, 7) is 5.07. The van der Waals surface area contributed by atoms with E-state index in [0.717, 1.165) is 31.7 Å². The van der Waals surface area contributed by atoms with Crippen LogP contribution in [0.2, 0.25) is 0 Å². The summed E-state index contributed by atoms with van der Waals surface area (Å²) >= 11 is 0. The van der Waals surface area contributed by atoms with Crippen LogP contribution in [0.4, 0.5) is 0 Å². The summed E-state index contributed by atoms with van der Waals surface area (Å²) in [5, 5.41) is 3.10. The van der Waals surface area contributed by atoms with E-state index < -0.39 is 0 Å². The molecule has 3 nitrogen and oxygen atoms in total. The monoisotopic (exact) mass is 224 g/mol. The Morgan fingerprint density at radius 2 is 2.19 bits per heavy atom. The summed E-state index contributed by atoms with van der Waals surface area (Å²) in [5.41, 5.74) is 5.72. The van der Waals surface area contributed by atoms with E-state index >= 15 is 0 Å². The van der Waals surface area contributed by atoms with Gasteiger partial charge in [-0.2, -0.15) is 0 Å². The first-order valence-electron chi connectivity index (χ1n) is 6.58. The zero-order valence-corrected chi connectivity index (χ0v) is 10.5. The molecule has 0 aromatic heterocycles. The van der Waals surface area contributed by atoms with Crippen LogP contribution in [0.5, 0.6) is 0 Å². The Bertz CT molecular complexity index is 275. The molecule has 2 saturated carbocycles. The van der Waals surface area contributed by atoms with Gasteiger partial charge in [-0.05, 0) is 44.4 Å². The number of carbonyl (C=O) groups excluding carboxylic acids is 1. The summed E-state index contributed by atoms with van der Waals surface area (Å²) in [6.07, 6.45) is 5.70. The van der Waals surface area contributed by atoms with Crippen molar-refractivity contribution in [2.75, 3.05) is 6.54 Å². The zero-order chi connectivity index (χ0) is 11.8. The number of hydrogen-bond donors (Lipinski definition) is 2. The SMILES string of the molecule is CC(CNC(=O)C1(C)CCCC1N)C1CC1. The van der Waals surface area contributed by atoms with Gasteiger partial charge in [0.25, 0.3) is 0 Å². The average molecular weight is 224 g/mol. The second-order valence-electron chi connectivity index (χ2n) is 5.94. The van der Waals surface area contributed by atoms with Gasteiger partial charge in [0, 0.05) is 12.6 Å². The van der Waals surface area contributed by atoms with Gasteiger partial charge in [-0.3, -0.25) is 4.79 Å². The van der Waals surface area contributed by atoms with Crippen molar-refractivity contribution in [3.63, 3.8) is 0 Å². The van der Waals surface area contributed by atoms with E-state index in [-0.39, 0.29) is 17.4 Å². The fraction of sp³-hybridized carbons (Fsp3) is 0.923. The Morgan fingerprint density at radius 3 is 2.69 bits per heavy atom. The van der Waals surface area contributed by atoms with Gasteiger partial charge in [0.15, 0.2) is 0 Å². The van der Waals surface area contributed by atoms with Crippen LogP contribution in [0.1, 0.15) is 46.0 Å². The number of rotatable bonds is 4. The van der Waals surface area contributed by atoms with Gasteiger partial charge in [-0.25, -0.2) is 0 Å². The van der Waals surface area contributed by atoms with Crippen LogP contribution in [-0.2, 0) is 4.79 Å². The van der Waals surface area contributed by atoms with Crippen molar-refractivity contribution in [1.82, 2.24) is 5.32 Å². The van der Waals surface area contributed by atoms with Crippen molar-refractivity contribution in [3.05, 3.63) is 0 Å². The van der Waals surface area contributed by atoms with E-state index in [1.165, 1.54) is 12.8 Å². The summed E-state index contributed by atoms with van der Waals surface area (Å²) < 4.78 is 0.